The Bertz CT molecular complexity index is 1080. The molecule has 2 aliphatic rings. The zero-order valence-corrected chi connectivity index (χ0v) is 19.2. The number of aromatic nitrogens is 3. The number of carbonyl (C=O) groups is 1. The number of aryl methyl sites for hydroxylation is 1. The summed E-state index contributed by atoms with van der Waals surface area (Å²) in [5.41, 5.74) is 4.01. The van der Waals surface area contributed by atoms with Crippen molar-refractivity contribution in [1.29, 1.82) is 0 Å². The van der Waals surface area contributed by atoms with Crippen LogP contribution in [0.15, 0.2) is 36.4 Å². The smallest absolute Gasteiger partial charge is 0.303 e. The zero-order valence-electron chi connectivity index (χ0n) is 19.2. The predicted molar refractivity (Wildman–Crippen MR) is 128 cm³/mol. The predicted octanol–water partition coefficient (Wildman–Crippen LogP) is 4.95. The molecule has 0 unspecified atom stereocenters. The maximum atomic E-state index is 10.9. The Hall–Kier alpha value is -2.93. The second-order valence-electron chi connectivity index (χ2n) is 9.47. The molecular weight excluding hydrogens is 416 g/mol. The van der Waals surface area contributed by atoms with Crippen LogP contribution in [0.4, 0.5) is 5.82 Å². The maximum Gasteiger partial charge on any atom is 0.303 e. The Kier molecular flexibility index (Phi) is 6.31. The number of nitrogens with one attached hydrogen (secondary N) is 1. The Morgan fingerprint density at radius 3 is 2.45 bits per heavy atom. The van der Waals surface area contributed by atoms with Crippen molar-refractivity contribution < 1.29 is 14.6 Å². The van der Waals surface area contributed by atoms with E-state index in [2.05, 4.69) is 22.0 Å². The molecular formula is C26H32N4O3. The summed E-state index contributed by atoms with van der Waals surface area (Å²) in [6.07, 6.45) is 6.79. The molecule has 174 valence electrons. The molecule has 2 fully saturated rings. The van der Waals surface area contributed by atoms with Gasteiger partial charge in [-0.1, -0.05) is 12.1 Å². The van der Waals surface area contributed by atoms with Crippen LogP contribution in [0.25, 0.3) is 22.4 Å². The zero-order chi connectivity index (χ0) is 22.8. The van der Waals surface area contributed by atoms with Crippen LogP contribution in [0.3, 0.4) is 0 Å². The van der Waals surface area contributed by atoms with E-state index in [-0.39, 0.29) is 12.2 Å². The average molecular weight is 449 g/mol. The van der Waals surface area contributed by atoms with Gasteiger partial charge in [0.15, 0.2) is 0 Å². The molecule has 1 saturated heterocycles. The average Bonchev–Trinajstić information content (AvgIpc) is 3.24. The van der Waals surface area contributed by atoms with E-state index in [1.54, 1.807) is 0 Å². The highest BCUT2D eigenvalue weighted by Crippen LogP contribution is 2.31. The molecule has 0 amide bonds. The summed E-state index contributed by atoms with van der Waals surface area (Å²) in [6.45, 7) is 3.92. The van der Waals surface area contributed by atoms with Gasteiger partial charge in [0.1, 0.15) is 11.6 Å². The Balaban J connectivity index is 1.15. The van der Waals surface area contributed by atoms with Crippen LogP contribution < -0.4 is 4.90 Å². The van der Waals surface area contributed by atoms with Crippen molar-refractivity contribution in [3.63, 3.8) is 0 Å². The van der Waals surface area contributed by atoms with Gasteiger partial charge in [-0.15, -0.1) is 0 Å². The van der Waals surface area contributed by atoms with E-state index in [1.165, 1.54) is 0 Å². The fraction of sp³-hybridized carbons (Fsp3) is 0.500. The highest BCUT2D eigenvalue weighted by Gasteiger charge is 2.28. The third kappa shape index (κ3) is 5.03. The Morgan fingerprint density at radius 2 is 1.76 bits per heavy atom. The molecule has 3 aromatic rings. The lowest BCUT2D eigenvalue weighted by molar-refractivity contribution is -0.138. The van der Waals surface area contributed by atoms with Crippen LogP contribution in [0.2, 0.25) is 0 Å². The quantitative estimate of drug-likeness (QED) is 0.554. The number of benzene rings is 1. The normalized spacial score (nSPS) is 22.0. The van der Waals surface area contributed by atoms with E-state index in [4.69, 9.17) is 19.8 Å². The number of para-hydroxylation sites is 2. The minimum atomic E-state index is -0.679. The monoisotopic (exact) mass is 448 g/mol. The van der Waals surface area contributed by atoms with Crippen LogP contribution in [-0.4, -0.2) is 51.3 Å². The molecule has 2 aromatic heterocycles. The van der Waals surface area contributed by atoms with Crippen molar-refractivity contribution in [2.24, 2.45) is 5.92 Å². The number of fused-ring (bicyclic) bond motifs is 1. The van der Waals surface area contributed by atoms with Gasteiger partial charge in [0.2, 0.25) is 0 Å². The Labute approximate surface area is 194 Å². The molecule has 1 aliphatic carbocycles. The van der Waals surface area contributed by atoms with Crippen LogP contribution in [0.1, 0.15) is 50.6 Å². The van der Waals surface area contributed by atoms with Gasteiger partial charge in [-0.3, -0.25) is 4.79 Å². The Morgan fingerprint density at radius 1 is 1.03 bits per heavy atom. The summed E-state index contributed by atoms with van der Waals surface area (Å²) >= 11 is 0. The summed E-state index contributed by atoms with van der Waals surface area (Å²) in [5, 5.41) is 8.99. The number of piperidine rings is 1. The van der Waals surface area contributed by atoms with Gasteiger partial charge in [-0.25, -0.2) is 9.97 Å². The van der Waals surface area contributed by atoms with Crippen molar-refractivity contribution in [3.05, 3.63) is 42.1 Å². The third-order valence-electron chi connectivity index (χ3n) is 7.12. The van der Waals surface area contributed by atoms with Crippen LogP contribution in [0.5, 0.6) is 0 Å². The molecule has 0 atom stereocenters. The minimum absolute atomic E-state index is 0.287. The standard InChI is InChI=1S/C26H32N4O3/c1-17-21(26-28-22-4-2-3-5-23(22)29-26)10-11-24(27-17)30-14-12-20(13-15-30)33-19-8-6-18(7-9-19)16-25(31)32/h2-5,10-11,18-20H,6-9,12-16H2,1H3,(H,28,29)(H,31,32)/t18-,19+. The van der Waals surface area contributed by atoms with Gasteiger partial charge >= 0.3 is 5.97 Å². The summed E-state index contributed by atoms with van der Waals surface area (Å²) in [5.74, 6) is 1.51. The number of H-pyrrole nitrogens is 1. The van der Waals surface area contributed by atoms with Crippen molar-refractivity contribution >= 4 is 22.8 Å². The topological polar surface area (TPSA) is 91.3 Å². The molecule has 0 spiro atoms. The summed E-state index contributed by atoms with van der Waals surface area (Å²) in [4.78, 5) is 26.3. The van der Waals surface area contributed by atoms with E-state index in [1.807, 2.05) is 31.2 Å². The largest absolute Gasteiger partial charge is 0.481 e. The number of imidazole rings is 1. The second kappa shape index (κ2) is 9.51. The number of aromatic amines is 1. The first-order valence-corrected chi connectivity index (χ1v) is 12.1. The van der Waals surface area contributed by atoms with Gasteiger partial charge in [0.05, 0.1) is 28.9 Å². The lowest BCUT2D eigenvalue weighted by Gasteiger charge is -2.36. The molecule has 0 bridgehead atoms. The first-order valence-electron chi connectivity index (χ1n) is 12.1. The van der Waals surface area contributed by atoms with Gasteiger partial charge in [-0.2, -0.15) is 0 Å². The molecule has 0 radical (unpaired) electrons. The first kappa shape index (κ1) is 21.9. The minimum Gasteiger partial charge on any atom is -0.481 e. The number of aliphatic carboxylic acids is 1. The van der Waals surface area contributed by atoms with Crippen LogP contribution in [0, 0.1) is 12.8 Å². The van der Waals surface area contributed by atoms with Crippen LogP contribution in [-0.2, 0) is 9.53 Å². The van der Waals surface area contributed by atoms with Crippen molar-refractivity contribution in [1.82, 2.24) is 15.0 Å². The molecule has 3 heterocycles. The van der Waals surface area contributed by atoms with Gasteiger partial charge in [0.25, 0.3) is 0 Å². The summed E-state index contributed by atoms with van der Waals surface area (Å²) in [6, 6.07) is 12.3. The molecule has 7 heteroatoms. The van der Waals surface area contributed by atoms with Gasteiger partial charge in [0, 0.05) is 25.1 Å². The summed E-state index contributed by atoms with van der Waals surface area (Å²) < 4.78 is 6.39. The molecule has 5 rings (SSSR count). The van der Waals surface area contributed by atoms with E-state index in [0.717, 1.165) is 85.5 Å². The SMILES string of the molecule is Cc1nc(N2CCC(O[C@H]3CC[C@@H](CC(=O)O)CC3)CC2)ccc1-c1nc2ccccc2[nH]1. The van der Waals surface area contributed by atoms with Crippen molar-refractivity contribution in [3.8, 4) is 11.4 Å². The van der Waals surface area contributed by atoms with E-state index >= 15 is 0 Å². The van der Waals surface area contributed by atoms with Gasteiger partial charge < -0.3 is 19.7 Å². The van der Waals surface area contributed by atoms with E-state index in [0.29, 0.717) is 12.3 Å². The number of carboxylic acids is 1. The van der Waals surface area contributed by atoms with Gasteiger partial charge in [-0.05, 0) is 75.6 Å². The lowest BCUT2D eigenvalue weighted by atomic mass is 9.85. The molecule has 1 saturated carbocycles. The maximum absolute atomic E-state index is 10.9. The number of hydrogen-bond donors (Lipinski definition) is 2. The molecule has 1 aliphatic heterocycles. The highest BCUT2D eigenvalue weighted by atomic mass is 16.5. The third-order valence-corrected chi connectivity index (χ3v) is 7.12. The first-order chi connectivity index (χ1) is 16.0. The summed E-state index contributed by atoms with van der Waals surface area (Å²) in [7, 11) is 0. The number of nitrogens with zero attached hydrogens (tertiary/aromatic N) is 3. The number of carboxylic acid groups (broad SMARTS) is 1. The number of pyridine rings is 1. The van der Waals surface area contributed by atoms with Crippen LogP contribution >= 0.6 is 0 Å². The molecule has 7 nitrogen and oxygen atoms in total. The molecule has 33 heavy (non-hydrogen) atoms. The number of anilines is 1. The number of hydrogen-bond acceptors (Lipinski definition) is 5. The number of ether oxygens (including phenoxy) is 1. The highest BCUT2D eigenvalue weighted by molar-refractivity contribution is 5.79. The molecule has 2 N–H and O–H groups in total. The lowest BCUT2D eigenvalue weighted by Crippen LogP contribution is -2.39. The van der Waals surface area contributed by atoms with Crippen molar-refractivity contribution in [2.45, 2.75) is 64.1 Å². The molecule has 1 aromatic carbocycles. The second-order valence-corrected chi connectivity index (χ2v) is 9.47. The van der Waals surface area contributed by atoms with Crippen molar-refractivity contribution in [2.75, 3.05) is 18.0 Å². The van der Waals surface area contributed by atoms with E-state index < -0.39 is 5.97 Å². The fourth-order valence-corrected chi connectivity index (χ4v) is 5.27. The fourth-order valence-electron chi connectivity index (χ4n) is 5.27. The van der Waals surface area contributed by atoms with E-state index in [9.17, 15) is 4.79 Å². The number of rotatable bonds is 6.